The molecule has 1 N–H and O–H groups in total. The first-order valence-electron chi connectivity index (χ1n) is 7.79. The van der Waals surface area contributed by atoms with Crippen LogP contribution in [0.25, 0.3) is 0 Å². The van der Waals surface area contributed by atoms with E-state index in [0.29, 0.717) is 12.2 Å². The maximum atomic E-state index is 11.8. The largest absolute Gasteiger partial charge is 0.462 e. The third kappa shape index (κ3) is 6.60. The number of esters is 1. The van der Waals surface area contributed by atoms with Gasteiger partial charge in [-0.05, 0) is 31.0 Å². The Kier molecular flexibility index (Phi) is 8.52. The van der Waals surface area contributed by atoms with Crippen molar-refractivity contribution in [3.63, 3.8) is 0 Å². The van der Waals surface area contributed by atoms with Gasteiger partial charge in [0.2, 0.25) is 0 Å². The summed E-state index contributed by atoms with van der Waals surface area (Å²) in [7, 11) is 0. The number of hydrogen-bond acceptors (Lipinski definition) is 3. The fourth-order valence-corrected chi connectivity index (χ4v) is 1.93. The molecular weight excluding hydrogens is 250 g/mol. The fraction of sp³-hybridized carbons (Fsp3) is 0.588. The summed E-state index contributed by atoms with van der Waals surface area (Å²) in [6.45, 7) is 5.75. The normalized spacial score (nSPS) is 10.3. The molecule has 0 fully saturated rings. The van der Waals surface area contributed by atoms with Crippen molar-refractivity contribution in [2.75, 3.05) is 18.5 Å². The van der Waals surface area contributed by atoms with E-state index in [1.165, 1.54) is 25.7 Å². The van der Waals surface area contributed by atoms with Gasteiger partial charge in [-0.2, -0.15) is 0 Å². The van der Waals surface area contributed by atoms with Gasteiger partial charge in [0.25, 0.3) is 0 Å². The van der Waals surface area contributed by atoms with Crippen LogP contribution >= 0.6 is 0 Å². The van der Waals surface area contributed by atoms with Crippen LogP contribution < -0.4 is 5.32 Å². The lowest BCUT2D eigenvalue weighted by Crippen LogP contribution is -2.07. The quantitative estimate of drug-likeness (QED) is 0.500. The van der Waals surface area contributed by atoms with E-state index < -0.39 is 0 Å². The summed E-state index contributed by atoms with van der Waals surface area (Å²) in [5.41, 5.74) is 1.62. The molecule has 112 valence electrons. The molecule has 0 aromatic heterocycles. The summed E-state index contributed by atoms with van der Waals surface area (Å²) in [5.74, 6) is -0.229. The van der Waals surface area contributed by atoms with Gasteiger partial charge in [0.1, 0.15) is 0 Å². The molecule has 20 heavy (non-hydrogen) atoms. The highest BCUT2D eigenvalue weighted by Crippen LogP contribution is 2.12. The van der Waals surface area contributed by atoms with Crippen molar-refractivity contribution in [1.29, 1.82) is 0 Å². The number of rotatable bonds is 10. The van der Waals surface area contributed by atoms with Crippen molar-refractivity contribution in [1.82, 2.24) is 0 Å². The Bertz CT molecular complexity index is 390. The van der Waals surface area contributed by atoms with E-state index in [0.717, 1.165) is 25.1 Å². The summed E-state index contributed by atoms with van der Waals surface area (Å²) in [5, 5.41) is 3.36. The lowest BCUT2D eigenvalue weighted by Gasteiger charge is -2.08. The molecule has 0 unspecified atom stereocenters. The number of benzene rings is 1. The summed E-state index contributed by atoms with van der Waals surface area (Å²) < 4.78 is 5.21. The van der Waals surface area contributed by atoms with Gasteiger partial charge in [-0.25, -0.2) is 4.79 Å². The number of unbranched alkanes of at least 4 members (excludes halogenated alkanes) is 4. The Balaban J connectivity index is 2.38. The Morgan fingerprint density at radius 1 is 1.10 bits per heavy atom. The summed E-state index contributed by atoms with van der Waals surface area (Å²) in [6.07, 6.45) is 6.90. The molecule has 0 aliphatic rings. The Labute approximate surface area is 122 Å². The van der Waals surface area contributed by atoms with E-state index in [1.54, 1.807) is 6.07 Å². The molecule has 3 heteroatoms. The summed E-state index contributed by atoms with van der Waals surface area (Å²) in [6, 6.07) is 7.55. The standard InChI is InChI=1S/C17H27NO2/c1-3-5-7-8-12-18-16-11-9-10-15(14-16)17(19)20-13-6-4-2/h9-11,14,18H,3-8,12-13H2,1-2H3. The average Bonchev–Trinajstić information content (AvgIpc) is 2.47. The summed E-state index contributed by atoms with van der Waals surface area (Å²) >= 11 is 0. The van der Waals surface area contributed by atoms with Crippen LogP contribution in [0.1, 0.15) is 62.7 Å². The lowest BCUT2D eigenvalue weighted by molar-refractivity contribution is 0.0500. The van der Waals surface area contributed by atoms with E-state index in [9.17, 15) is 4.79 Å². The average molecular weight is 277 g/mol. The Morgan fingerprint density at radius 2 is 1.90 bits per heavy atom. The van der Waals surface area contributed by atoms with Crippen LogP contribution in [0.3, 0.4) is 0 Å². The molecule has 3 nitrogen and oxygen atoms in total. The second-order valence-corrected chi connectivity index (χ2v) is 5.06. The molecule has 0 spiro atoms. The molecule has 1 aromatic carbocycles. The number of hydrogen-bond donors (Lipinski definition) is 1. The van der Waals surface area contributed by atoms with Crippen molar-refractivity contribution < 1.29 is 9.53 Å². The maximum absolute atomic E-state index is 11.8. The van der Waals surface area contributed by atoms with E-state index in [2.05, 4.69) is 19.2 Å². The zero-order chi connectivity index (χ0) is 14.6. The van der Waals surface area contributed by atoms with Crippen LogP contribution in [0.15, 0.2) is 24.3 Å². The zero-order valence-electron chi connectivity index (χ0n) is 12.8. The minimum absolute atomic E-state index is 0.229. The molecule has 0 atom stereocenters. The molecule has 0 bridgehead atoms. The summed E-state index contributed by atoms with van der Waals surface area (Å²) in [4.78, 5) is 11.8. The minimum atomic E-state index is -0.229. The maximum Gasteiger partial charge on any atom is 0.338 e. The van der Waals surface area contributed by atoms with Crippen LogP contribution in [0, 0.1) is 0 Å². The van der Waals surface area contributed by atoms with Crippen LogP contribution in [0.2, 0.25) is 0 Å². The smallest absolute Gasteiger partial charge is 0.338 e. The number of anilines is 1. The van der Waals surface area contributed by atoms with Gasteiger partial charge in [-0.1, -0.05) is 45.6 Å². The van der Waals surface area contributed by atoms with Gasteiger partial charge in [-0.15, -0.1) is 0 Å². The second kappa shape index (κ2) is 10.3. The zero-order valence-corrected chi connectivity index (χ0v) is 12.8. The third-order valence-electron chi connectivity index (χ3n) is 3.19. The first-order chi connectivity index (χ1) is 9.77. The molecule has 0 heterocycles. The molecule has 0 radical (unpaired) electrons. The highest BCUT2D eigenvalue weighted by atomic mass is 16.5. The van der Waals surface area contributed by atoms with Crippen molar-refractivity contribution >= 4 is 11.7 Å². The molecular formula is C17H27NO2. The second-order valence-electron chi connectivity index (χ2n) is 5.06. The van der Waals surface area contributed by atoms with Gasteiger partial charge in [0.05, 0.1) is 12.2 Å². The van der Waals surface area contributed by atoms with Crippen LogP contribution in [-0.2, 0) is 4.74 Å². The van der Waals surface area contributed by atoms with E-state index in [1.807, 2.05) is 18.2 Å². The fourth-order valence-electron chi connectivity index (χ4n) is 1.93. The van der Waals surface area contributed by atoms with Gasteiger partial charge in [-0.3, -0.25) is 0 Å². The Hall–Kier alpha value is -1.51. The predicted molar refractivity (Wildman–Crippen MR) is 84.3 cm³/mol. The van der Waals surface area contributed by atoms with Crippen LogP contribution in [0.5, 0.6) is 0 Å². The number of carbonyl (C=O) groups is 1. The third-order valence-corrected chi connectivity index (χ3v) is 3.19. The van der Waals surface area contributed by atoms with E-state index >= 15 is 0 Å². The molecule has 0 saturated carbocycles. The van der Waals surface area contributed by atoms with Gasteiger partial charge in [0.15, 0.2) is 0 Å². The highest BCUT2D eigenvalue weighted by Gasteiger charge is 2.07. The lowest BCUT2D eigenvalue weighted by atomic mass is 10.2. The molecule has 1 aromatic rings. The van der Waals surface area contributed by atoms with Crippen molar-refractivity contribution in [2.45, 2.75) is 52.4 Å². The monoisotopic (exact) mass is 277 g/mol. The van der Waals surface area contributed by atoms with Gasteiger partial charge < -0.3 is 10.1 Å². The first kappa shape index (κ1) is 16.5. The minimum Gasteiger partial charge on any atom is -0.462 e. The predicted octanol–water partition coefficient (Wildman–Crippen LogP) is 4.64. The van der Waals surface area contributed by atoms with Crippen molar-refractivity contribution in [3.05, 3.63) is 29.8 Å². The van der Waals surface area contributed by atoms with Crippen molar-refractivity contribution in [3.8, 4) is 0 Å². The topological polar surface area (TPSA) is 38.3 Å². The molecule has 0 saturated heterocycles. The number of nitrogens with one attached hydrogen (secondary N) is 1. The number of ether oxygens (including phenoxy) is 1. The molecule has 1 rings (SSSR count). The van der Waals surface area contributed by atoms with Crippen molar-refractivity contribution in [2.24, 2.45) is 0 Å². The molecule has 0 amide bonds. The van der Waals surface area contributed by atoms with Crippen LogP contribution in [0.4, 0.5) is 5.69 Å². The highest BCUT2D eigenvalue weighted by molar-refractivity contribution is 5.90. The van der Waals surface area contributed by atoms with E-state index in [-0.39, 0.29) is 5.97 Å². The SMILES string of the molecule is CCCCCCNc1cccc(C(=O)OCCCC)c1. The van der Waals surface area contributed by atoms with Crippen LogP contribution in [-0.4, -0.2) is 19.1 Å². The van der Waals surface area contributed by atoms with Gasteiger partial charge >= 0.3 is 5.97 Å². The molecule has 0 aliphatic carbocycles. The first-order valence-corrected chi connectivity index (χ1v) is 7.79. The number of carbonyl (C=O) groups excluding carboxylic acids is 1. The molecule has 0 aliphatic heterocycles. The Morgan fingerprint density at radius 3 is 2.65 bits per heavy atom. The van der Waals surface area contributed by atoms with E-state index in [4.69, 9.17) is 4.74 Å². The van der Waals surface area contributed by atoms with Gasteiger partial charge in [0, 0.05) is 12.2 Å².